The van der Waals surface area contributed by atoms with Crippen molar-refractivity contribution in [2.24, 2.45) is 5.73 Å². The Morgan fingerprint density at radius 1 is 1.62 bits per heavy atom. The van der Waals surface area contributed by atoms with Gasteiger partial charge in [-0.3, -0.25) is 0 Å². The van der Waals surface area contributed by atoms with Crippen molar-refractivity contribution < 1.29 is 9.15 Å². The molecule has 0 radical (unpaired) electrons. The summed E-state index contributed by atoms with van der Waals surface area (Å²) in [5, 5.41) is 0. The molecule has 2 atom stereocenters. The van der Waals surface area contributed by atoms with Gasteiger partial charge in [-0.1, -0.05) is 0 Å². The highest BCUT2D eigenvalue weighted by Gasteiger charge is 2.20. The van der Waals surface area contributed by atoms with E-state index >= 15 is 0 Å². The van der Waals surface area contributed by atoms with E-state index in [-0.39, 0.29) is 6.04 Å². The van der Waals surface area contributed by atoms with Gasteiger partial charge in [0.1, 0.15) is 5.76 Å². The molecule has 2 heterocycles. The Kier molecular flexibility index (Phi) is 2.66. The van der Waals surface area contributed by atoms with Gasteiger partial charge in [0.15, 0.2) is 0 Å². The number of hydrogen-bond acceptors (Lipinski definition) is 3. The molecule has 0 saturated carbocycles. The van der Waals surface area contributed by atoms with E-state index in [2.05, 4.69) is 0 Å². The Hall–Kier alpha value is -0.800. The molecule has 0 spiro atoms. The number of ether oxygens (including phenoxy) is 1. The minimum Gasteiger partial charge on any atom is -0.468 e. The maximum atomic E-state index is 5.95. The molecule has 2 N–H and O–H groups in total. The maximum absolute atomic E-state index is 5.95. The molecule has 1 aromatic rings. The second-order valence-corrected chi connectivity index (χ2v) is 3.49. The number of rotatable bonds is 3. The first kappa shape index (κ1) is 8.78. The van der Waals surface area contributed by atoms with Crippen LogP contribution in [0.5, 0.6) is 0 Å². The fourth-order valence-corrected chi connectivity index (χ4v) is 1.73. The topological polar surface area (TPSA) is 48.4 Å². The normalized spacial score (nSPS) is 24.8. The minimum atomic E-state index is -0.0156. The van der Waals surface area contributed by atoms with Crippen molar-refractivity contribution in [3.8, 4) is 0 Å². The van der Waals surface area contributed by atoms with Crippen molar-refractivity contribution in [1.29, 1.82) is 0 Å². The van der Waals surface area contributed by atoms with Crippen LogP contribution in [0.1, 0.15) is 31.1 Å². The maximum Gasteiger partial charge on any atom is 0.120 e. The highest BCUT2D eigenvalue weighted by molar-refractivity contribution is 5.03. The summed E-state index contributed by atoms with van der Waals surface area (Å²) in [6, 6.07) is 3.77. The van der Waals surface area contributed by atoms with Gasteiger partial charge >= 0.3 is 0 Å². The monoisotopic (exact) mass is 181 g/mol. The van der Waals surface area contributed by atoms with Crippen molar-refractivity contribution in [3.05, 3.63) is 24.2 Å². The third-order valence-corrected chi connectivity index (χ3v) is 2.45. The van der Waals surface area contributed by atoms with E-state index in [1.165, 1.54) is 0 Å². The molecule has 3 heteroatoms. The van der Waals surface area contributed by atoms with E-state index in [1.807, 2.05) is 12.1 Å². The first-order chi connectivity index (χ1) is 6.36. The Balaban J connectivity index is 1.87. The summed E-state index contributed by atoms with van der Waals surface area (Å²) in [6.07, 6.45) is 5.16. The third-order valence-electron chi connectivity index (χ3n) is 2.45. The van der Waals surface area contributed by atoms with Crippen LogP contribution >= 0.6 is 0 Å². The minimum absolute atomic E-state index is 0.0156. The lowest BCUT2D eigenvalue weighted by atomic mass is 10.1. The Morgan fingerprint density at radius 3 is 3.15 bits per heavy atom. The van der Waals surface area contributed by atoms with Crippen LogP contribution in [0.15, 0.2) is 22.8 Å². The number of hydrogen-bond donors (Lipinski definition) is 1. The Bertz CT molecular complexity index is 239. The van der Waals surface area contributed by atoms with Gasteiger partial charge in [0.05, 0.1) is 18.4 Å². The summed E-state index contributed by atoms with van der Waals surface area (Å²) in [5.74, 6) is 0.857. The van der Waals surface area contributed by atoms with Gasteiger partial charge in [0, 0.05) is 6.61 Å². The van der Waals surface area contributed by atoms with Crippen LogP contribution in [0, 0.1) is 0 Å². The summed E-state index contributed by atoms with van der Waals surface area (Å²) in [7, 11) is 0. The smallest absolute Gasteiger partial charge is 0.120 e. The quantitative estimate of drug-likeness (QED) is 0.774. The zero-order valence-electron chi connectivity index (χ0n) is 7.61. The van der Waals surface area contributed by atoms with E-state index in [0.29, 0.717) is 6.10 Å². The predicted molar refractivity (Wildman–Crippen MR) is 49.2 cm³/mol. The van der Waals surface area contributed by atoms with E-state index in [4.69, 9.17) is 14.9 Å². The second kappa shape index (κ2) is 3.94. The van der Waals surface area contributed by atoms with Crippen LogP contribution < -0.4 is 5.73 Å². The third kappa shape index (κ3) is 2.11. The molecule has 72 valence electrons. The highest BCUT2D eigenvalue weighted by atomic mass is 16.5. The van der Waals surface area contributed by atoms with Gasteiger partial charge in [-0.15, -0.1) is 0 Å². The zero-order valence-corrected chi connectivity index (χ0v) is 7.61. The van der Waals surface area contributed by atoms with Crippen LogP contribution in [-0.4, -0.2) is 12.7 Å². The summed E-state index contributed by atoms with van der Waals surface area (Å²) in [5.41, 5.74) is 5.95. The molecule has 0 bridgehead atoms. The lowest BCUT2D eigenvalue weighted by molar-refractivity contribution is 0.0963. The van der Waals surface area contributed by atoms with E-state index in [1.54, 1.807) is 6.26 Å². The molecule has 1 aliphatic heterocycles. The van der Waals surface area contributed by atoms with E-state index < -0.39 is 0 Å². The zero-order chi connectivity index (χ0) is 9.10. The largest absolute Gasteiger partial charge is 0.468 e. The van der Waals surface area contributed by atoms with Crippen LogP contribution in [0.4, 0.5) is 0 Å². The van der Waals surface area contributed by atoms with Crippen LogP contribution in [0.3, 0.4) is 0 Å². The molecule has 1 saturated heterocycles. The average molecular weight is 181 g/mol. The first-order valence-electron chi connectivity index (χ1n) is 4.77. The van der Waals surface area contributed by atoms with Gasteiger partial charge in [-0.2, -0.15) is 0 Å². The van der Waals surface area contributed by atoms with Crippen LogP contribution in [0.25, 0.3) is 0 Å². The van der Waals surface area contributed by atoms with Crippen molar-refractivity contribution in [1.82, 2.24) is 0 Å². The Morgan fingerprint density at radius 2 is 2.54 bits per heavy atom. The molecule has 1 aromatic heterocycles. The van der Waals surface area contributed by atoms with Gasteiger partial charge in [-0.05, 0) is 31.4 Å². The average Bonchev–Trinajstić information content (AvgIpc) is 2.74. The summed E-state index contributed by atoms with van der Waals surface area (Å²) >= 11 is 0. The van der Waals surface area contributed by atoms with Gasteiger partial charge in [0.2, 0.25) is 0 Å². The summed E-state index contributed by atoms with van der Waals surface area (Å²) < 4.78 is 10.7. The first-order valence-corrected chi connectivity index (χ1v) is 4.77. The van der Waals surface area contributed by atoms with Gasteiger partial charge in [-0.25, -0.2) is 0 Å². The fourth-order valence-electron chi connectivity index (χ4n) is 1.73. The molecule has 1 fully saturated rings. The highest BCUT2D eigenvalue weighted by Crippen LogP contribution is 2.23. The standard InChI is InChI=1S/C10H15NO2/c11-9(10-4-2-6-13-10)7-8-3-1-5-12-8/h2,4,6,8-9H,1,3,5,7,11H2. The predicted octanol–water partition coefficient (Wildman–Crippen LogP) is 1.85. The van der Waals surface area contributed by atoms with E-state index in [9.17, 15) is 0 Å². The van der Waals surface area contributed by atoms with Crippen molar-refractivity contribution in [2.75, 3.05) is 6.61 Å². The summed E-state index contributed by atoms with van der Waals surface area (Å²) in [4.78, 5) is 0. The SMILES string of the molecule is NC(CC1CCCO1)c1ccco1. The van der Waals surface area contributed by atoms with Gasteiger partial charge in [0.25, 0.3) is 0 Å². The molecule has 0 amide bonds. The van der Waals surface area contributed by atoms with Crippen molar-refractivity contribution >= 4 is 0 Å². The lowest BCUT2D eigenvalue weighted by Gasteiger charge is -2.13. The van der Waals surface area contributed by atoms with Crippen molar-refractivity contribution in [2.45, 2.75) is 31.4 Å². The fraction of sp³-hybridized carbons (Fsp3) is 0.600. The molecule has 2 unspecified atom stereocenters. The lowest BCUT2D eigenvalue weighted by Crippen LogP contribution is -2.17. The molecule has 1 aliphatic rings. The van der Waals surface area contributed by atoms with E-state index in [0.717, 1.165) is 31.6 Å². The van der Waals surface area contributed by atoms with Gasteiger partial charge < -0.3 is 14.9 Å². The second-order valence-electron chi connectivity index (χ2n) is 3.49. The molecule has 2 rings (SSSR count). The molecular formula is C10H15NO2. The summed E-state index contributed by atoms with van der Waals surface area (Å²) in [6.45, 7) is 0.884. The molecule has 3 nitrogen and oxygen atoms in total. The molecule has 0 aliphatic carbocycles. The molecule has 0 aromatic carbocycles. The number of nitrogens with two attached hydrogens (primary N) is 1. The Labute approximate surface area is 77.9 Å². The molecule has 13 heavy (non-hydrogen) atoms. The van der Waals surface area contributed by atoms with Crippen LogP contribution in [-0.2, 0) is 4.74 Å². The number of furan rings is 1. The van der Waals surface area contributed by atoms with Crippen LogP contribution in [0.2, 0.25) is 0 Å². The van der Waals surface area contributed by atoms with Crippen molar-refractivity contribution in [3.63, 3.8) is 0 Å². The molecular weight excluding hydrogens is 166 g/mol.